The third kappa shape index (κ3) is 5.66. The third-order valence-corrected chi connectivity index (χ3v) is 10.2. The number of nitrogens with zero attached hydrogens (tertiary/aromatic N) is 5. The number of hydrogen-bond donors (Lipinski definition) is 5. The van der Waals surface area contributed by atoms with Gasteiger partial charge >= 0.3 is 15.6 Å². The van der Waals surface area contributed by atoms with Crippen molar-refractivity contribution >= 4 is 61.0 Å². The summed E-state index contributed by atoms with van der Waals surface area (Å²) < 4.78 is 61.4. The summed E-state index contributed by atoms with van der Waals surface area (Å²) in [6, 6.07) is 2.93. The molecule has 6 unspecified atom stereocenters. The molecule has 242 valence electrons. The standard InChI is InChI=1S/C22H22Cl2N6O13P2/c23-8-1-10-11(2-9(8)24)29(6-27-10)22-18-15(31)12(40-22)3-38-44(34,35)42-17-13(4-39-45(36,37)43-18)41-21(16(17)32)30-7-28-14-19(30)25-5-26-20(14)33/h1-2,5-7,12-13,15-18,21-22,31-32H,3-4H2,(H,34,35)(H,36,37)(H,25,26,33)/t12-,13-,15?,16?,17?,18?,21-,22-/m1/s1. The molecule has 0 radical (unpaired) electrons. The van der Waals surface area contributed by atoms with E-state index in [2.05, 4.69) is 19.9 Å². The first-order chi connectivity index (χ1) is 21.3. The van der Waals surface area contributed by atoms with Crippen LogP contribution >= 0.6 is 38.8 Å². The summed E-state index contributed by atoms with van der Waals surface area (Å²) in [4.78, 5) is 48.0. The lowest BCUT2D eigenvalue weighted by Gasteiger charge is -2.26. The predicted octanol–water partition coefficient (Wildman–Crippen LogP) is 1.01. The van der Waals surface area contributed by atoms with Crippen LogP contribution in [0.1, 0.15) is 12.5 Å². The number of aliphatic hydroxyl groups is 2. The van der Waals surface area contributed by atoms with Crippen LogP contribution < -0.4 is 5.56 Å². The summed E-state index contributed by atoms with van der Waals surface area (Å²) >= 11 is 12.3. The normalized spacial score (nSPS) is 37.7. The topological polar surface area (TPSA) is 252 Å². The van der Waals surface area contributed by atoms with Gasteiger partial charge < -0.3 is 39.0 Å². The van der Waals surface area contributed by atoms with Gasteiger partial charge in [-0.05, 0) is 12.1 Å². The van der Waals surface area contributed by atoms with E-state index in [1.165, 1.54) is 27.6 Å². The molecule has 7 rings (SSSR count). The predicted molar refractivity (Wildman–Crippen MR) is 149 cm³/mol. The van der Waals surface area contributed by atoms with Crippen molar-refractivity contribution in [3.05, 3.63) is 51.5 Å². The maximum Gasteiger partial charge on any atom is 0.472 e. The van der Waals surface area contributed by atoms with Crippen molar-refractivity contribution in [2.24, 2.45) is 0 Å². The fraction of sp³-hybridized carbons (Fsp3) is 0.455. The van der Waals surface area contributed by atoms with Gasteiger partial charge in [0.2, 0.25) is 0 Å². The van der Waals surface area contributed by atoms with Crippen molar-refractivity contribution in [3.8, 4) is 0 Å². The summed E-state index contributed by atoms with van der Waals surface area (Å²) in [5, 5.41) is 22.5. The highest BCUT2D eigenvalue weighted by molar-refractivity contribution is 7.47. The van der Waals surface area contributed by atoms with Crippen molar-refractivity contribution in [2.75, 3.05) is 13.2 Å². The van der Waals surface area contributed by atoms with E-state index >= 15 is 0 Å². The van der Waals surface area contributed by atoms with Crippen molar-refractivity contribution in [2.45, 2.75) is 49.1 Å². The van der Waals surface area contributed by atoms with E-state index in [1.807, 2.05) is 0 Å². The van der Waals surface area contributed by atoms with E-state index in [0.717, 1.165) is 12.7 Å². The minimum atomic E-state index is -5.07. The quantitative estimate of drug-likeness (QED) is 0.182. The van der Waals surface area contributed by atoms with Gasteiger partial charge in [0.05, 0.1) is 53.3 Å². The molecular formula is C22H22Cl2N6O13P2. The lowest BCUT2D eigenvalue weighted by atomic mass is 10.1. The molecule has 0 aliphatic carbocycles. The van der Waals surface area contributed by atoms with Crippen LogP contribution in [0.25, 0.3) is 22.2 Å². The Morgan fingerprint density at radius 1 is 0.844 bits per heavy atom. The van der Waals surface area contributed by atoms with Crippen LogP contribution in [0.4, 0.5) is 0 Å². The Morgan fingerprint density at radius 2 is 1.49 bits per heavy atom. The number of nitrogens with one attached hydrogen (secondary N) is 1. The number of imidazole rings is 2. The number of ether oxygens (including phenoxy) is 2. The van der Waals surface area contributed by atoms with Crippen LogP contribution in [-0.4, -0.2) is 98.9 Å². The zero-order valence-corrected chi connectivity index (χ0v) is 25.6. The zero-order chi connectivity index (χ0) is 31.8. The smallest absolute Gasteiger partial charge is 0.387 e. The maximum atomic E-state index is 13.2. The number of benzene rings is 1. The Bertz CT molecular complexity index is 1940. The second-order valence-electron chi connectivity index (χ2n) is 10.2. The Morgan fingerprint density at radius 3 is 2.24 bits per heavy atom. The van der Waals surface area contributed by atoms with Crippen LogP contribution in [0.15, 0.2) is 35.9 Å². The average molecular weight is 711 g/mol. The van der Waals surface area contributed by atoms with Gasteiger partial charge in [0.15, 0.2) is 23.6 Å². The second-order valence-corrected chi connectivity index (χ2v) is 13.9. The van der Waals surface area contributed by atoms with Gasteiger partial charge in [-0.2, -0.15) is 0 Å². The summed E-state index contributed by atoms with van der Waals surface area (Å²) in [5.74, 6) is 0. The van der Waals surface area contributed by atoms with Gasteiger partial charge in [-0.15, -0.1) is 0 Å². The fourth-order valence-corrected chi connectivity index (χ4v) is 7.60. The second kappa shape index (κ2) is 11.4. The molecule has 3 saturated heterocycles. The van der Waals surface area contributed by atoms with Crippen LogP contribution in [-0.2, 0) is 36.7 Å². The number of H-pyrrole nitrogens is 1. The van der Waals surface area contributed by atoms with Crippen molar-refractivity contribution in [3.63, 3.8) is 0 Å². The van der Waals surface area contributed by atoms with Gasteiger partial charge in [0.25, 0.3) is 5.56 Å². The summed E-state index contributed by atoms with van der Waals surface area (Å²) in [7, 11) is -10.1. The van der Waals surface area contributed by atoms with E-state index in [4.69, 9.17) is 50.8 Å². The van der Waals surface area contributed by atoms with Gasteiger partial charge in [-0.25, -0.2) is 24.1 Å². The van der Waals surface area contributed by atoms with E-state index in [1.54, 1.807) is 0 Å². The molecule has 0 spiro atoms. The first-order valence-corrected chi connectivity index (χ1v) is 16.8. The molecular weight excluding hydrogens is 689 g/mol. The first-order valence-electron chi connectivity index (χ1n) is 13.0. The monoisotopic (exact) mass is 710 g/mol. The lowest BCUT2D eigenvalue weighted by molar-refractivity contribution is -0.0671. The Kier molecular flexibility index (Phi) is 7.95. The zero-order valence-electron chi connectivity index (χ0n) is 22.3. The molecule has 4 aromatic rings. The largest absolute Gasteiger partial charge is 0.472 e. The Hall–Kier alpha value is -2.32. The number of hydrogen-bond acceptors (Lipinski definition) is 14. The van der Waals surface area contributed by atoms with E-state index in [-0.39, 0.29) is 21.2 Å². The van der Waals surface area contributed by atoms with Crippen LogP contribution in [0.3, 0.4) is 0 Å². The molecule has 23 heteroatoms. The average Bonchev–Trinajstić information content (AvgIpc) is 3.73. The van der Waals surface area contributed by atoms with E-state index in [0.29, 0.717) is 11.0 Å². The molecule has 1 aromatic carbocycles. The van der Waals surface area contributed by atoms with Crippen LogP contribution in [0.2, 0.25) is 10.0 Å². The number of aromatic nitrogens is 6. The van der Waals surface area contributed by atoms with E-state index < -0.39 is 83.5 Å². The molecule has 45 heavy (non-hydrogen) atoms. The van der Waals surface area contributed by atoms with Crippen molar-refractivity contribution in [1.82, 2.24) is 29.1 Å². The molecule has 0 amide bonds. The molecule has 19 nitrogen and oxygen atoms in total. The number of aromatic amines is 1. The molecule has 3 aliphatic heterocycles. The summed E-state index contributed by atoms with van der Waals surface area (Å²) in [6.07, 6.45) is -8.81. The molecule has 6 heterocycles. The maximum absolute atomic E-state index is 13.2. The minimum Gasteiger partial charge on any atom is -0.387 e. The third-order valence-electron chi connectivity index (χ3n) is 7.47. The molecule has 3 aromatic heterocycles. The Labute approximate surface area is 260 Å². The summed E-state index contributed by atoms with van der Waals surface area (Å²) in [5.41, 5.74) is 0.0644. The van der Waals surface area contributed by atoms with Gasteiger partial charge in [0, 0.05) is 0 Å². The van der Waals surface area contributed by atoms with Crippen molar-refractivity contribution in [1.29, 1.82) is 0 Å². The minimum absolute atomic E-state index is 0.00135. The van der Waals surface area contributed by atoms with Gasteiger partial charge in [-0.1, -0.05) is 23.2 Å². The van der Waals surface area contributed by atoms with Crippen molar-refractivity contribution < 1.29 is 56.7 Å². The molecule has 10 atom stereocenters. The number of aliphatic hydroxyl groups excluding tert-OH is 2. The number of phosphoric ester groups is 2. The molecule has 5 N–H and O–H groups in total. The van der Waals surface area contributed by atoms with E-state index in [9.17, 15) is 33.9 Å². The lowest BCUT2D eigenvalue weighted by Crippen LogP contribution is -2.36. The van der Waals surface area contributed by atoms with Gasteiger partial charge in [0.1, 0.15) is 36.6 Å². The molecule has 2 bridgehead atoms. The SMILES string of the molecule is O=c1[nH]cnc2c1ncn2[C@@H]1O[C@@H]2COP(=O)(O)OC3C(O)[C@@H](COP(=O)(O)OC2C1O)O[C@H]3n1cnc2cc(Cl)c(Cl)cc21. The molecule has 3 fully saturated rings. The number of fused-ring (bicyclic) bond motifs is 5. The molecule has 3 aliphatic rings. The highest BCUT2D eigenvalue weighted by Gasteiger charge is 2.53. The van der Waals surface area contributed by atoms with Crippen LogP contribution in [0.5, 0.6) is 0 Å². The number of phosphoric acid groups is 2. The van der Waals surface area contributed by atoms with Crippen LogP contribution in [0, 0.1) is 0 Å². The number of rotatable bonds is 2. The molecule has 0 saturated carbocycles. The summed E-state index contributed by atoms with van der Waals surface area (Å²) in [6.45, 7) is -1.59. The number of halogens is 2. The fourth-order valence-electron chi connectivity index (χ4n) is 5.39. The van der Waals surface area contributed by atoms with Gasteiger partial charge in [-0.3, -0.25) is 27.5 Å². The first kappa shape index (κ1) is 31.3. The highest BCUT2D eigenvalue weighted by Crippen LogP contribution is 2.53. The Balaban J connectivity index is 1.20. The highest BCUT2D eigenvalue weighted by atomic mass is 35.5.